The first-order valence-electron chi connectivity index (χ1n) is 19.2. The largest absolute Gasteiger partial charge is 2.00 e. The van der Waals surface area contributed by atoms with Gasteiger partial charge >= 0.3 is 334 Å². The summed E-state index contributed by atoms with van der Waals surface area (Å²) in [7, 11) is -10.1. The second kappa shape index (κ2) is 36.8. The van der Waals surface area contributed by atoms with Crippen molar-refractivity contribution in [1.82, 2.24) is 0 Å². The van der Waals surface area contributed by atoms with E-state index in [9.17, 15) is 29.4 Å². The van der Waals surface area contributed by atoms with Crippen molar-refractivity contribution < 1.29 is 87.8 Å². The summed E-state index contributed by atoms with van der Waals surface area (Å²) in [5.41, 5.74) is 0. The molecule has 6 nitrogen and oxygen atoms in total. The Labute approximate surface area is 332 Å². The number of hydrogen-bond donors (Lipinski definition) is 0. The van der Waals surface area contributed by atoms with Gasteiger partial charge in [0, 0.05) is 0 Å². The molecule has 11 heteroatoms. The van der Waals surface area contributed by atoms with Crippen molar-refractivity contribution in [1.29, 1.82) is 0 Å². The Balaban J connectivity index is -0.000000235. The van der Waals surface area contributed by atoms with E-state index >= 15 is 0 Å². The molecule has 0 aromatic heterocycles. The minimum atomic E-state index is -5.07. The average Bonchev–Trinajstić information content (AvgIpc) is 2.95. The molecule has 0 aromatic carbocycles. The summed E-state index contributed by atoms with van der Waals surface area (Å²) in [6, 6.07) is 0. The summed E-state index contributed by atoms with van der Waals surface area (Å²) in [4.78, 5) is 71.8. The first kappa shape index (κ1) is 58.8. The maximum atomic E-state index is 12.0. The zero-order valence-corrected chi connectivity index (χ0v) is 42.8. The van der Waals surface area contributed by atoms with Crippen LogP contribution in [0.5, 0.6) is 0 Å². The van der Waals surface area contributed by atoms with Crippen molar-refractivity contribution in [3.8, 4) is 0 Å². The van der Waals surface area contributed by atoms with Gasteiger partial charge in [-0.2, -0.15) is 0 Å². The fraction of sp³-hybridized carbons (Fsp3) is 1.00. The van der Waals surface area contributed by atoms with E-state index in [1.807, 2.05) is 0 Å². The molecule has 0 saturated heterocycles. The van der Waals surface area contributed by atoms with Crippen LogP contribution in [-0.2, 0) is 58.4 Å². The summed E-state index contributed by atoms with van der Waals surface area (Å²) in [5.74, 6) is 0. The minimum Gasteiger partial charge on any atom is 2.00 e. The Kier molecular flexibility index (Phi) is 46.1. The van der Waals surface area contributed by atoms with Crippen molar-refractivity contribution in [2.75, 3.05) is 24.6 Å². The second-order valence-electron chi connectivity index (χ2n) is 13.8. The normalized spacial score (nSPS) is 13.1. The summed E-state index contributed by atoms with van der Waals surface area (Å²) in [6.07, 6.45) is 28.9. The number of unbranched alkanes of at least 4 members (excludes halogenated alkanes) is 24. The van der Waals surface area contributed by atoms with E-state index in [2.05, 4.69) is 27.7 Å². The Hall–Kier alpha value is 2.49. The van der Waals surface area contributed by atoms with Crippen LogP contribution in [0.25, 0.3) is 0 Å². The Morgan fingerprint density at radius 1 is 0.234 bits per heavy atom. The van der Waals surface area contributed by atoms with Gasteiger partial charge in [-0.15, -0.1) is 0 Å². The van der Waals surface area contributed by atoms with Crippen LogP contribution >= 0.6 is 14.6 Å². The Bertz CT molecular complexity index is 521. The molecule has 0 heterocycles. The van der Waals surface area contributed by atoms with E-state index in [1.54, 1.807) is 0 Å². The summed E-state index contributed by atoms with van der Waals surface area (Å²) in [6.45, 7) is 8.72. The molecule has 0 atom stereocenters. The van der Waals surface area contributed by atoms with Crippen LogP contribution in [0.4, 0.5) is 0 Å². The standard InChI is InChI=1S/2C18H38O3P.3Zn/c2*1-3-5-7-9-11-13-15-17-22(19,20,21)18-16-14-12-10-8-6-4-2;;;/h2*3-18H2,1-2H3;;;/q2*-3;3*+2. The van der Waals surface area contributed by atoms with Crippen LogP contribution in [0.2, 0.25) is 0 Å². The topological polar surface area (TPSA) is 138 Å². The average molecular weight is 863 g/mol. The zero-order chi connectivity index (χ0) is 33.5. The zero-order valence-electron chi connectivity index (χ0n) is 32.1. The van der Waals surface area contributed by atoms with Gasteiger partial charge in [-0.1, -0.05) is 0 Å². The van der Waals surface area contributed by atoms with Gasteiger partial charge in [0.15, 0.2) is 0 Å². The van der Waals surface area contributed by atoms with Gasteiger partial charge in [0.25, 0.3) is 0 Å². The quantitative estimate of drug-likeness (QED) is 0.0386. The van der Waals surface area contributed by atoms with E-state index in [4.69, 9.17) is 0 Å². The molecule has 0 aromatic rings. The van der Waals surface area contributed by atoms with E-state index in [1.165, 1.54) is 77.0 Å². The third-order valence-corrected chi connectivity index (χ3v) is 13.5. The van der Waals surface area contributed by atoms with E-state index in [-0.39, 0.29) is 83.1 Å². The molecule has 0 radical (unpaired) electrons. The molecule has 47 heavy (non-hydrogen) atoms. The fourth-order valence-electron chi connectivity index (χ4n) is 5.72. The van der Waals surface area contributed by atoms with Gasteiger partial charge in [-0.25, -0.2) is 0 Å². The third kappa shape index (κ3) is 48.5. The molecule has 0 N–H and O–H groups in total. The van der Waals surface area contributed by atoms with Gasteiger partial charge in [-0.05, 0) is 0 Å². The van der Waals surface area contributed by atoms with Crippen LogP contribution in [0.1, 0.15) is 207 Å². The smallest absolute Gasteiger partial charge is 2.00 e. The number of hydrogen-bond acceptors (Lipinski definition) is 6. The number of rotatable bonds is 32. The van der Waals surface area contributed by atoms with Crippen LogP contribution < -0.4 is 29.4 Å². The van der Waals surface area contributed by atoms with Crippen molar-refractivity contribution in [2.24, 2.45) is 0 Å². The first-order valence-corrected chi connectivity index (χ1v) is 23.9. The molecule has 0 fully saturated rings. The fourth-order valence-corrected chi connectivity index (χ4v) is 9.51. The predicted octanol–water partition coefficient (Wildman–Crippen LogP) is 7.73. The molecule has 0 aliphatic heterocycles. The molecular weight excluding hydrogens is 787 g/mol. The molecule has 0 aliphatic rings. The van der Waals surface area contributed by atoms with E-state index in [0.29, 0.717) is 25.7 Å². The van der Waals surface area contributed by atoms with Crippen molar-refractivity contribution in [3.63, 3.8) is 0 Å². The van der Waals surface area contributed by atoms with Crippen LogP contribution in [-0.4, -0.2) is 24.6 Å². The van der Waals surface area contributed by atoms with Crippen LogP contribution in [0.15, 0.2) is 0 Å². The van der Waals surface area contributed by atoms with E-state index in [0.717, 1.165) is 77.0 Å². The Morgan fingerprint density at radius 2 is 0.362 bits per heavy atom. The Morgan fingerprint density at radius 3 is 0.511 bits per heavy atom. The third-order valence-electron chi connectivity index (χ3n) is 8.77. The van der Waals surface area contributed by atoms with E-state index < -0.39 is 14.6 Å². The maximum Gasteiger partial charge on any atom is 2.00 e. The summed E-state index contributed by atoms with van der Waals surface area (Å²) < 4.78 is 0. The van der Waals surface area contributed by atoms with Crippen LogP contribution in [0.3, 0.4) is 0 Å². The van der Waals surface area contributed by atoms with Gasteiger partial charge in [-0.3, -0.25) is 0 Å². The monoisotopic (exact) mass is 858 g/mol. The molecule has 0 rings (SSSR count). The molecular formula is C36H76O6P2Zn3. The molecule has 0 aliphatic carbocycles. The maximum absolute atomic E-state index is 12.0. The van der Waals surface area contributed by atoms with Gasteiger partial charge < -0.3 is 0 Å². The summed E-state index contributed by atoms with van der Waals surface area (Å²) >= 11 is 0. The first-order chi connectivity index (χ1) is 20.8. The summed E-state index contributed by atoms with van der Waals surface area (Å²) in [5, 5.41) is 0. The minimum absolute atomic E-state index is 0. The van der Waals surface area contributed by atoms with Crippen molar-refractivity contribution in [3.05, 3.63) is 0 Å². The van der Waals surface area contributed by atoms with Crippen molar-refractivity contribution >= 4 is 14.6 Å². The van der Waals surface area contributed by atoms with Gasteiger partial charge in [0.2, 0.25) is 0 Å². The molecule has 0 spiro atoms. The van der Waals surface area contributed by atoms with Crippen LogP contribution in [0, 0.1) is 0 Å². The van der Waals surface area contributed by atoms with Gasteiger partial charge in [0.05, 0.1) is 0 Å². The van der Waals surface area contributed by atoms with Crippen molar-refractivity contribution in [2.45, 2.75) is 207 Å². The molecule has 0 saturated carbocycles. The molecule has 272 valence electrons. The molecule has 0 bridgehead atoms. The SMILES string of the molecule is CCCCCCCCCP([O-])([O-])([O-])CCCCCCCCC.CCCCCCCCCP([O-])([O-])([O-])CCCCCCCCC.[Zn+2].[Zn+2].[Zn+2]. The molecule has 0 unspecified atom stereocenters. The second-order valence-corrected chi connectivity index (χ2v) is 20.5. The molecule has 0 amide bonds. The predicted molar refractivity (Wildman–Crippen MR) is 185 cm³/mol. The van der Waals surface area contributed by atoms with Gasteiger partial charge in [0.1, 0.15) is 0 Å².